The summed E-state index contributed by atoms with van der Waals surface area (Å²) in [4.78, 5) is 4.33. The third kappa shape index (κ3) is 3.87. The number of hydrogen-bond acceptors (Lipinski definition) is 5. The van der Waals surface area contributed by atoms with Crippen LogP contribution in [-0.4, -0.2) is 29.4 Å². The van der Waals surface area contributed by atoms with Gasteiger partial charge in [-0.1, -0.05) is 44.7 Å². The topological polar surface area (TPSA) is 76.9 Å². The summed E-state index contributed by atoms with van der Waals surface area (Å²) in [7, 11) is -1.97. The molecule has 0 aliphatic rings. The molecule has 0 aliphatic heterocycles. The van der Waals surface area contributed by atoms with Crippen LogP contribution in [0.4, 0.5) is 5.95 Å². The van der Waals surface area contributed by atoms with Crippen LogP contribution in [0.1, 0.15) is 32.8 Å². The van der Waals surface area contributed by atoms with Gasteiger partial charge in [-0.25, -0.2) is 17.8 Å². The van der Waals surface area contributed by atoms with E-state index >= 15 is 0 Å². The molecule has 0 atom stereocenters. The molecule has 1 heterocycles. The van der Waals surface area contributed by atoms with Crippen LogP contribution < -0.4 is 4.72 Å². The molecule has 0 saturated carbocycles. The first-order valence-electron chi connectivity index (χ1n) is 7.28. The fourth-order valence-electron chi connectivity index (χ4n) is 2.06. The van der Waals surface area contributed by atoms with Crippen molar-refractivity contribution in [3.05, 3.63) is 29.8 Å². The Hall–Kier alpha value is -1.54. The van der Waals surface area contributed by atoms with Gasteiger partial charge in [-0.3, -0.25) is 0 Å². The van der Waals surface area contributed by atoms with Crippen molar-refractivity contribution in [2.45, 2.75) is 42.7 Å². The molecule has 1 N–H and O–H groups in total. The van der Waals surface area contributed by atoms with Crippen LogP contribution in [-0.2, 0) is 22.5 Å². The summed E-state index contributed by atoms with van der Waals surface area (Å²) in [6, 6.07) is 6.95. The molecule has 0 fully saturated rings. The average Bonchev–Trinajstić information content (AvgIpc) is 2.86. The zero-order valence-corrected chi connectivity index (χ0v) is 15.6. The van der Waals surface area contributed by atoms with E-state index in [1.165, 1.54) is 16.4 Å². The van der Waals surface area contributed by atoms with Gasteiger partial charge in [-0.15, -0.1) is 5.10 Å². The number of hydrogen-bond donors (Lipinski definition) is 1. The molecule has 0 saturated heterocycles. The van der Waals surface area contributed by atoms with Gasteiger partial charge in [-0.2, -0.15) is 4.98 Å². The monoisotopic (exact) mass is 354 g/mol. The predicted octanol–water partition coefficient (Wildman–Crippen LogP) is 3.03. The molecule has 1 aromatic heterocycles. The van der Waals surface area contributed by atoms with Gasteiger partial charge in [-0.05, 0) is 35.8 Å². The van der Waals surface area contributed by atoms with Crippen LogP contribution in [0.25, 0.3) is 0 Å². The van der Waals surface area contributed by atoms with Crippen LogP contribution >= 0.6 is 11.8 Å². The quantitative estimate of drug-likeness (QED) is 0.807. The molecule has 23 heavy (non-hydrogen) atoms. The van der Waals surface area contributed by atoms with Crippen molar-refractivity contribution in [2.24, 2.45) is 7.05 Å². The Morgan fingerprint density at radius 1 is 1.26 bits per heavy atom. The summed E-state index contributed by atoms with van der Waals surface area (Å²) >= 11 is 1.40. The number of thioether (sulfide) groups is 1. The van der Waals surface area contributed by atoms with Gasteiger partial charge in [0.05, 0.1) is 4.90 Å². The number of nitrogens with zero attached hydrogens (tertiary/aromatic N) is 3. The molecule has 6 nitrogen and oxygen atoms in total. The second-order valence-corrected chi connectivity index (χ2v) is 8.37. The minimum atomic E-state index is -3.69. The molecule has 0 amide bonds. The SMILES string of the molecule is CCC(C)(C)c1ccc(S(=O)(=O)Nc2nc(SC)n(C)n2)cc1. The molecule has 1 aromatic carbocycles. The Bertz CT molecular complexity index is 780. The standard InChI is InChI=1S/C15H22N4O2S2/c1-6-15(2,3)11-7-9-12(10-8-11)23(20,21)18-13-16-14(22-5)19(4)17-13/h7-10H,6H2,1-5H3,(H,17,18). The molecular weight excluding hydrogens is 332 g/mol. The Morgan fingerprint density at radius 2 is 1.87 bits per heavy atom. The first-order valence-corrected chi connectivity index (χ1v) is 9.99. The molecule has 0 aliphatic carbocycles. The summed E-state index contributed by atoms with van der Waals surface area (Å²) in [5.41, 5.74) is 1.13. The summed E-state index contributed by atoms with van der Waals surface area (Å²) < 4.78 is 28.8. The second-order valence-electron chi connectivity index (χ2n) is 5.91. The number of aryl methyl sites for hydroxylation is 1. The molecular formula is C15H22N4O2S2. The van der Waals surface area contributed by atoms with Gasteiger partial charge in [0.25, 0.3) is 16.0 Å². The lowest BCUT2D eigenvalue weighted by atomic mass is 9.82. The van der Waals surface area contributed by atoms with Crippen molar-refractivity contribution in [1.29, 1.82) is 0 Å². The zero-order valence-electron chi connectivity index (χ0n) is 14.0. The summed E-state index contributed by atoms with van der Waals surface area (Å²) in [6.07, 6.45) is 2.84. The maximum atomic E-state index is 12.4. The first-order chi connectivity index (χ1) is 10.7. The maximum Gasteiger partial charge on any atom is 0.264 e. The normalized spacial score (nSPS) is 12.4. The van der Waals surface area contributed by atoms with Crippen LogP contribution in [0.2, 0.25) is 0 Å². The van der Waals surface area contributed by atoms with Crippen LogP contribution in [0.5, 0.6) is 0 Å². The Morgan fingerprint density at radius 3 is 2.35 bits per heavy atom. The Labute approximate surface area is 141 Å². The van der Waals surface area contributed by atoms with Crippen molar-refractivity contribution in [3.63, 3.8) is 0 Å². The van der Waals surface area contributed by atoms with E-state index in [4.69, 9.17) is 0 Å². The average molecular weight is 355 g/mol. The molecule has 0 spiro atoms. The molecule has 2 aromatic rings. The predicted molar refractivity (Wildman–Crippen MR) is 93.4 cm³/mol. The van der Waals surface area contributed by atoms with E-state index < -0.39 is 10.0 Å². The van der Waals surface area contributed by atoms with Crippen LogP contribution in [0.15, 0.2) is 34.3 Å². The number of benzene rings is 1. The third-order valence-corrected chi connectivity index (χ3v) is 6.03. The zero-order chi connectivity index (χ0) is 17.3. The minimum absolute atomic E-state index is 0.0194. The smallest absolute Gasteiger partial charge is 0.246 e. The fraction of sp³-hybridized carbons (Fsp3) is 0.467. The van der Waals surface area contributed by atoms with Crippen molar-refractivity contribution in [3.8, 4) is 0 Å². The van der Waals surface area contributed by atoms with E-state index in [0.29, 0.717) is 5.16 Å². The van der Waals surface area contributed by atoms with E-state index in [1.807, 2.05) is 18.4 Å². The van der Waals surface area contributed by atoms with Gasteiger partial charge in [0.1, 0.15) is 0 Å². The van der Waals surface area contributed by atoms with Gasteiger partial charge in [0, 0.05) is 7.05 Å². The lowest BCUT2D eigenvalue weighted by Crippen LogP contribution is -2.17. The maximum absolute atomic E-state index is 12.4. The molecule has 0 bridgehead atoms. The second kappa shape index (κ2) is 6.52. The lowest BCUT2D eigenvalue weighted by molar-refractivity contribution is 0.506. The molecule has 126 valence electrons. The highest BCUT2D eigenvalue weighted by Crippen LogP contribution is 2.27. The Kier molecular flexibility index (Phi) is 5.05. The number of anilines is 1. The van der Waals surface area contributed by atoms with E-state index in [9.17, 15) is 8.42 Å². The van der Waals surface area contributed by atoms with E-state index in [2.05, 4.69) is 35.6 Å². The van der Waals surface area contributed by atoms with Crippen molar-refractivity contribution >= 4 is 27.7 Å². The van der Waals surface area contributed by atoms with E-state index in [-0.39, 0.29) is 16.3 Å². The molecule has 8 heteroatoms. The highest BCUT2D eigenvalue weighted by Gasteiger charge is 2.21. The van der Waals surface area contributed by atoms with Gasteiger partial charge >= 0.3 is 0 Å². The van der Waals surface area contributed by atoms with Crippen molar-refractivity contribution in [1.82, 2.24) is 14.8 Å². The third-order valence-electron chi connectivity index (χ3n) is 3.96. The Balaban J connectivity index is 2.25. The number of aromatic nitrogens is 3. The van der Waals surface area contributed by atoms with E-state index in [1.54, 1.807) is 19.2 Å². The molecule has 0 radical (unpaired) electrons. The fourth-order valence-corrected chi connectivity index (χ4v) is 3.48. The first kappa shape index (κ1) is 17.8. The number of nitrogens with one attached hydrogen (secondary N) is 1. The van der Waals surface area contributed by atoms with Crippen LogP contribution in [0.3, 0.4) is 0 Å². The highest BCUT2D eigenvalue weighted by atomic mass is 32.2. The van der Waals surface area contributed by atoms with Gasteiger partial charge in [0.15, 0.2) is 5.16 Å². The summed E-state index contributed by atoms with van der Waals surface area (Å²) in [5.74, 6) is 0.0785. The van der Waals surface area contributed by atoms with Crippen LogP contribution in [0, 0.1) is 0 Å². The minimum Gasteiger partial charge on any atom is -0.246 e. The molecule has 0 unspecified atom stereocenters. The van der Waals surface area contributed by atoms with Crippen molar-refractivity contribution in [2.75, 3.05) is 11.0 Å². The van der Waals surface area contributed by atoms with Crippen molar-refractivity contribution < 1.29 is 8.42 Å². The highest BCUT2D eigenvalue weighted by molar-refractivity contribution is 7.98. The lowest BCUT2D eigenvalue weighted by Gasteiger charge is -2.23. The molecule has 2 rings (SSSR count). The summed E-state index contributed by atoms with van der Waals surface area (Å²) in [5, 5.41) is 4.70. The van der Waals surface area contributed by atoms with E-state index in [0.717, 1.165) is 12.0 Å². The number of rotatable bonds is 6. The van der Waals surface area contributed by atoms with Gasteiger partial charge < -0.3 is 0 Å². The number of sulfonamides is 1. The summed E-state index contributed by atoms with van der Waals surface area (Å²) in [6.45, 7) is 6.38. The van der Waals surface area contributed by atoms with Gasteiger partial charge in [0.2, 0.25) is 0 Å². The largest absolute Gasteiger partial charge is 0.264 e.